The van der Waals surface area contributed by atoms with Gasteiger partial charge in [0.25, 0.3) is 0 Å². The number of furan rings is 1. The fourth-order valence-corrected chi connectivity index (χ4v) is 4.31. The fraction of sp³-hybridized carbons (Fsp3) is 0.250. The monoisotopic (exact) mass is 422 g/mol. The third kappa shape index (κ3) is 4.38. The van der Waals surface area contributed by atoms with E-state index in [4.69, 9.17) is 25.5 Å². The van der Waals surface area contributed by atoms with Gasteiger partial charge in [-0.05, 0) is 48.9 Å². The summed E-state index contributed by atoms with van der Waals surface area (Å²) in [5.74, 6) is -0.339. The largest absolute Gasteiger partial charge is 0.460 e. The molecule has 0 saturated heterocycles. The molecule has 0 aliphatic carbocycles. The first kappa shape index (κ1) is 20.4. The number of aryl methyl sites for hydroxylation is 1. The third-order valence-corrected chi connectivity index (χ3v) is 6.14. The van der Waals surface area contributed by atoms with E-state index in [1.165, 1.54) is 31.4 Å². The average molecular weight is 423 g/mol. The normalized spacial score (nSPS) is 11.7. The summed E-state index contributed by atoms with van der Waals surface area (Å²) >= 11 is 5.83. The first-order chi connectivity index (χ1) is 13.3. The van der Waals surface area contributed by atoms with Gasteiger partial charge < -0.3 is 13.9 Å². The van der Waals surface area contributed by atoms with Crippen LogP contribution in [-0.2, 0) is 25.1 Å². The molecule has 0 saturated carbocycles. The smallest absolute Gasteiger partial charge is 0.342 e. The van der Waals surface area contributed by atoms with Crippen LogP contribution in [0.4, 0.5) is 0 Å². The molecule has 6 nitrogen and oxygen atoms in total. The Labute approximate surface area is 167 Å². The lowest BCUT2D eigenvalue weighted by molar-refractivity contribution is 0.0388. The molecule has 0 amide bonds. The quantitative estimate of drug-likeness (QED) is 0.419. The second-order valence-corrected chi connectivity index (χ2v) is 8.63. The molecule has 0 fully saturated rings. The highest BCUT2D eigenvalue weighted by atomic mass is 35.5. The van der Waals surface area contributed by atoms with E-state index in [0.717, 1.165) is 0 Å². The second-order valence-electron chi connectivity index (χ2n) is 6.21. The van der Waals surface area contributed by atoms with Gasteiger partial charge in [-0.2, -0.15) is 0 Å². The molecule has 0 atom stereocenters. The number of fused-ring (bicyclic) bond motifs is 1. The second kappa shape index (κ2) is 8.34. The minimum Gasteiger partial charge on any atom is -0.460 e. The van der Waals surface area contributed by atoms with Crippen molar-refractivity contribution in [1.82, 2.24) is 0 Å². The summed E-state index contributed by atoms with van der Waals surface area (Å²) < 4.78 is 41.0. The van der Waals surface area contributed by atoms with E-state index in [0.29, 0.717) is 27.3 Å². The zero-order valence-electron chi connectivity index (χ0n) is 15.4. The van der Waals surface area contributed by atoms with Crippen LogP contribution in [0.3, 0.4) is 0 Å². The zero-order chi connectivity index (χ0) is 20.3. The summed E-state index contributed by atoms with van der Waals surface area (Å²) in [7, 11) is -2.05. The Morgan fingerprint density at radius 2 is 1.82 bits per heavy atom. The van der Waals surface area contributed by atoms with E-state index in [-0.39, 0.29) is 29.4 Å². The Bertz CT molecular complexity index is 1100. The highest BCUT2D eigenvalue weighted by Gasteiger charge is 2.21. The Morgan fingerprint density at radius 3 is 2.50 bits per heavy atom. The van der Waals surface area contributed by atoms with Crippen LogP contribution in [0.2, 0.25) is 5.02 Å². The number of carbonyl (C=O) groups excluding carboxylic acids is 1. The number of methoxy groups -OCH3 is 1. The van der Waals surface area contributed by atoms with Gasteiger partial charge in [0.1, 0.15) is 23.5 Å². The van der Waals surface area contributed by atoms with Crippen molar-refractivity contribution in [1.29, 1.82) is 0 Å². The first-order valence-electron chi connectivity index (χ1n) is 8.48. The molecule has 28 heavy (non-hydrogen) atoms. The molecule has 0 unspecified atom stereocenters. The van der Waals surface area contributed by atoms with Gasteiger partial charge in [0.15, 0.2) is 9.84 Å². The number of hydrogen-bond donors (Lipinski definition) is 0. The predicted octanol–water partition coefficient (Wildman–Crippen LogP) is 4.17. The number of halogens is 1. The molecule has 1 heterocycles. The molecule has 1 aromatic heterocycles. The number of sulfone groups is 1. The Morgan fingerprint density at radius 1 is 1.11 bits per heavy atom. The van der Waals surface area contributed by atoms with Gasteiger partial charge in [-0.25, -0.2) is 13.2 Å². The standard InChI is InChI=1S/C20H19ClO6S/c1-13-19(20(22)26-10-9-25-2)17-11-14(3-8-18(17)27-13)12-28(23,24)16-6-4-15(21)5-7-16/h3-8,11H,9-10,12H2,1-2H3. The van der Waals surface area contributed by atoms with Gasteiger partial charge in [0, 0.05) is 17.5 Å². The van der Waals surface area contributed by atoms with Crippen molar-refractivity contribution in [3.05, 3.63) is 64.4 Å². The third-order valence-electron chi connectivity index (χ3n) is 4.18. The van der Waals surface area contributed by atoms with E-state index in [1.807, 2.05) is 0 Å². The number of benzene rings is 2. The van der Waals surface area contributed by atoms with E-state index in [1.54, 1.807) is 25.1 Å². The molecule has 0 N–H and O–H groups in total. The maximum atomic E-state index is 12.7. The topological polar surface area (TPSA) is 82.8 Å². The number of rotatable bonds is 7. The highest BCUT2D eigenvalue weighted by molar-refractivity contribution is 7.90. The maximum absolute atomic E-state index is 12.7. The molecule has 0 spiro atoms. The number of esters is 1. The van der Waals surface area contributed by atoms with Crippen LogP contribution < -0.4 is 0 Å². The van der Waals surface area contributed by atoms with Gasteiger partial charge in [-0.15, -0.1) is 0 Å². The summed E-state index contributed by atoms with van der Waals surface area (Å²) in [5, 5.41) is 0.981. The molecule has 2 aromatic carbocycles. The van der Waals surface area contributed by atoms with Crippen LogP contribution in [0.5, 0.6) is 0 Å². The van der Waals surface area contributed by atoms with Crippen molar-refractivity contribution >= 4 is 38.4 Å². The summed E-state index contributed by atoms with van der Waals surface area (Å²) in [4.78, 5) is 12.6. The van der Waals surface area contributed by atoms with Gasteiger partial charge in [-0.1, -0.05) is 17.7 Å². The molecule has 0 bridgehead atoms. The molecule has 0 aliphatic rings. The van der Waals surface area contributed by atoms with Crippen LogP contribution in [0.15, 0.2) is 51.8 Å². The number of carbonyl (C=O) groups is 1. The lowest BCUT2D eigenvalue weighted by Crippen LogP contribution is -2.10. The Kier molecular flexibility index (Phi) is 6.07. The molecule has 0 aliphatic heterocycles. The summed E-state index contributed by atoms with van der Waals surface area (Å²) in [6.07, 6.45) is 0. The minimum absolute atomic E-state index is 0.117. The molecule has 148 valence electrons. The molecular formula is C20H19ClO6S. The number of ether oxygens (including phenoxy) is 2. The minimum atomic E-state index is -3.56. The van der Waals surface area contributed by atoms with Crippen molar-refractivity contribution in [2.75, 3.05) is 20.3 Å². The van der Waals surface area contributed by atoms with Gasteiger partial charge in [0.2, 0.25) is 0 Å². The molecule has 8 heteroatoms. The van der Waals surface area contributed by atoms with Crippen LogP contribution in [0.25, 0.3) is 11.0 Å². The highest BCUT2D eigenvalue weighted by Crippen LogP contribution is 2.29. The van der Waals surface area contributed by atoms with Gasteiger partial charge in [0.05, 0.1) is 17.3 Å². The van der Waals surface area contributed by atoms with Crippen LogP contribution in [-0.4, -0.2) is 34.7 Å². The van der Waals surface area contributed by atoms with Crippen LogP contribution in [0, 0.1) is 6.92 Å². The van der Waals surface area contributed by atoms with Crippen molar-refractivity contribution < 1.29 is 27.1 Å². The van der Waals surface area contributed by atoms with E-state index < -0.39 is 15.8 Å². The van der Waals surface area contributed by atoms with Crippen LogP contribution in [0.1, 0.15) is 21.7 Å². The Balaban J connectivity index is 1.92. The van der Waals surface area contributed by atoms with Crippen molar-refractivity contribution in [3.8, 4) is 0 Å². The lowest BCUT2D eigenvalue weighted by Gasteiger charge is -2.06. The van der Waals surface area contributed by atoms with Gasteiger partial charge in [-0.3, -0.25) is 0 Å². The van der Waals surface area contributed by atoms with Crippen LogP contribution >= 0.6 is 11.6 Å². The average Bonchev–Trinajstić information content (AvgIpc) is 2.97. The van der Waals surface area contributed by atoms with E-state index >= 15 is 0 Å². The number of hydrogen-bond acceptors (Lipinski definition) is 6. The summed E-state index contributed by atoms with van der Waals surface area (Å²) in [6, 6.07) is 11.0. The predicted molar refractivity (Wildman–Crippen MR) is 105 cm³/mol. The van der Waals surface area contributed by atoms with E-state index in [2.05, 4.69) is 0 Å². The van der Waals surface area contributed by atoms with Crippen molar-refractivity contribution in [2.24, 2.45) is 0 Å². The molecule has 0 radical (unpaired) electrons. The van der Waals surface area contributed by atoms with Gasteiger partial charge >= 0.3 is 5.97 Å². The lowest BCUT2D eigenvalue weighted by atomic mass is 10.1. The van der Waals surface area contributed by atoms with E-state index in [9.17, 15) is 13.2 Å². The Hall–Kier alpha value is -2.35. The fourth-order valence-electron chi connectivity index (χ4n) is 2.85. The zero-order valence-corrected chi connectivity index (χ0v) is 17.0. The van der Waals surface area contributed by atoms with Crippen molar-refractivity contribution in [3.63, 3.8) is 0 Å². The van der Waals surface area contributed by atoms with Crippen molar-refractivity contribution in [2.45, 2.75) is 17.6 Å². The SMILES string of the molecule is COCCOC(=O)c1c(C)oc2ccc(CS(=O)(=O)c3ccc(Cl)cc3)cc12. The summed E-state index contributed by atoms with van der Waals surface area (Å²) in [5.41, 5.74) is 1.31. The molecule has 3 rings (SSSR count). The summed E-state index contributed by atoms with van der Waals surface area (Å²) in [6.45, 7) is 2.06. The maximum Gasteiger partial charge on any atom is 0.342 e. The molecular weight excluding hydrogens is 404 g/mol. The molecule has 3 aromatic rings. The first-order valence-corrected chi connectivity index (χ1v) is 10.5.